The fourth-order valence-electron chi connectivity index (χ4n) is 3.18. The van der Waals surface area contributed by atoms with Gasteiger partial charge in [0.2, 0.25) is 5.91 Å². The van der Waals surface area contributed by atoms with Gasteiger partial charge in [-0.1, -0.05) is 18.2 Å². The van der Waals surface area contributed by atoms with Gasteiger partial charge in [0, 0.05) is 24.7 Å². The van der Waals surface area contributed by atoms with Gasteiger partial charge in [-0.3, -0.25) is 14.3 Å². The molecule has 2 atom stereocenters. The van der Waals surface area contributed by atoms with E-state index in [1.165, 1.54) is 0 Å². The summed E-state index contributed by atoms with van der Waals surface area (Å²) < 4.78 is 1.85. The van der Waals surface area contributed by atoms with Crippen LogP contribution in [-0.4, -0.2) is 27.6 Å². The summed E-state index contributed by atoms with van der Waals surface area (Å²) >= 11 is 0. The summed E-state index contributed by atoms with van der Waals surface area (Å²) in [6.45, 7) is 4.64. The van der Waals surface area contributed by atoms with Crippen molar-refractivity contribution in [1.82, 2.24) is 20.4 Å². The van der Waals surface area contributed by atoms with Gasteiger partial charge in [0.05, 0.1) is 17.8 Å². The van der Waals surface area contributed by atoms with Crippen LogP contribution in [0.5, 0.6) is 0 Å². The highest BCUT2D eigenvalue weighted by atomic mass is 16.2. The van der Waals surface area contributed by atoms with Gasteiger partial charge in [0.1, 0.15) is 0 Å². The van der Waals surface area contributed by atoms with Crippen molar-refractivity contribution in [2.24, 2.45) is 0 Å². The number of aromatic nitrogens is 2. The smallest absolute Gasteiger partial charge is 0.251 e. The average molecular weight is 326 g/mol. The van der Waals surface area contributed by atoms with E-state index in [-0.39, 0.29) is 23.9 Å². The van der Waals surface area contributed by atoms with Crippen LogP contribution >= 0.6 is 0 Å². The number of amides is 2. The van der Waals surface area contributed by atoms with Crippen molar-refractivity contribution in [3.8, 4) is 0 Å². The molecule has 1 saturated heterocycles. The van der Waals surface area contributed by atoms with E-state index in [1.807, 2.05) is 48.9 Å². The molecule has 1 aromatic carbocycles. The van der Waals surface area contributed by atoms with Gasteiger partial charge in [0.25, 0.3) is 5.91 Å². The topological polar surface area (TPSA) is 76.0 Å². The van der Waals surface area contributed by atoms with Gasteiger partial charge in [-0.05, 0) is 38.0 Å². The van der Waals surface area contributed by atoms with Crippen molar-refractivity contribution in [2.75, 3.05) is 0 Å². The monoisotopic (exact) mass is 326 g/mol. The molecular weight excluding hydrogens is 304 g/mol. The maximum Gasteiger partial charge on any atom is 0.251 e. The fourth-order valence-corrected chi connectivity index (χ4v) is 3.18. The van der Waals surface area contributed by atoms with Gasteiger partial charge >= 0.3 is 0 Å². The number of benzene rings is 1. The van der Waals surface area contributed by atoms with Crippen LogP contribution in [0.15, 0.2) is 36.5 Å². The summed E-state index contributed by atoms with van der Waals surface area (Å²) in [5.41, 5.74) is 2.52. The van der Waals surface area contributed by atoms with E-state index in [0.29, 0.717) is 24.9 Å². The van der Waals surface area contributed by atoms with Crippen LogP contribution in [0.25, 0.3) is 0 Å². The number of carbonyl (C=O) groups excluding carboxylic acids is 2. The molecule has 1 aliphatic rings. The van der Waals surface area contributed by atoms with Gasteiger partial charge in [-0.15, -0.1) is 0 Å². The van der Waals surface area contributed by atoms with Crippen molar-refractivity contribution in [2.45, 2.75) is 45.3 Å². The molecule has 2 amide bonds. The normalized spacial score (nSPS) is 20.5. The zero-order valence-corrected chi connectivity index (χ0v) is 14.0. The van der Waals surface area contributed by atoms with Gasteiger partial charge in [-0.2, -0.15) is 5.10 Å². The molecule has 0 spiro atoms. The zero-order valence-electron chi connectivity index (χ0n) is 14.0. The van der Waals surface area contributed by atoms with Crippen molar-refractivity contribution < 1.29 is 9.59 Å². The number of nitrogens with one attached hydrogen (secondary N) is 2. The summed E-state index contributed by atoms with van der Waals surface area (Å²) in [6, 6.07) is 8.98. The fraction of sp³-hybridized carbons (Fsp3) is 0.389. The van der Waals surface area contributed by atoms with Crippen LogP contribution in [-0.2, 0) is 11.3 Å². The summed E-state index contributed by atoms with van der Waals surface area (Å²) in [7, 11) is 0. The molecule has 0 saturated carbocycles. The summed E-state index contributed by atoms with van der Waals surface area (Å²) in [5, 5.41) is 10.4. The van der Waals surface area contributed by atoms with Gasteiger partial charge < -0.3 is 10.6 Å². The first-order valence-electron chi connectivity index (χ1n) is 8.27. The minimum atomic E-state index is -0.262. The number of rotatable bonds is 4. The Morgan fingerprint density at radius 1 is 1.38 bits per heavy atom. The standard InChI is InChI=1S/C18H22N4O2/c1-3-22-15(10-11-19-22)17-14(8-9-16(23)21-17)20-18(24)13-7-5-4-6-12(13)2/h4-7,10-11,14,17H,3,8-9H2,1-2H3,(H,20,24)(H,21,23). The Kier molecular flexibility index (Phi) is 4.64. The van der Waals surface area contributed by atoms with Crippen LogP contribution in [0.2, 0.25) is 0 Å². The largest absolute Gasteiger partial charge is 0.347 e. The van der Waals surface area contributed by atoms with Crippen molar-refractivity contribution >= 4 is 11.8 Å². The molecule has 2 unspecified atom stereocenters. The molecule has 3 rings (SSSR count). The van der Waals surface area contributed by atoms with Crippen molar-refractivity contribution in [3.63, 3.8) is 0 Å². The Bertz CT molecular complexity index is 753. The second-order valence-corrected chi connectivity index (χ2v) is 6.05. The minimum absolute atomic E-state index is 0.00486. The molecule has 0 bridgehead atoms. The van der Waals surface area contributed by atoms with E-state index in [1.54, 1.807) is 6.20 Å². The SMILES string of the molecule is CCn1nccc1C1NC(=O)CCC1NC(=O)c1ccccc1C. The molecule has 24 heavy (non-hydrogen) atoms. The van der Waals surface area contributed by atoms with E-state index in [0.717, 1.165) is 11.3 Å². The predicted molar refractivity (Wildman–Crippen MR) is 90.5 cm³/mol. The average Bonchev–Trinajstić information content (AvgIpc) is 3.05. The molecule has 126 valence electrons. The number of carbonyl (C=O) groups is 2. The zero-order chi connectivity index (χ0) is 17.1. The predicted octanol–water partition coefficient (Wildman–Crippen LogP) is 1.96. The number of hydrogen-bond acceptors (Lipinski definition) is 3. The Labute approximate surface area is 141 Å². The second-order valence-electron chi connectivity index (χ2n) is 6.05. The molecule has 1 fully saturated rings. The molecule has 1 aliphatic heterocycles. The minimum Gasteiger partial charge on any atom is -0.347 e. The Morgan fingerprint density at radius 3 is 2.92 bits per heavy atom. The van der Waals surface area contributed by atoms with Gasteiger partial charge in [0.15, 0.2) is 0 Å². The number of hydrogen-bond donors (Lipinski definition) is 2. The molecule has 6 heteroatoms. The van der Waals surface area contributed by atoms with Crippen molar-refractivity contribution in [3.05, 3.63) is 53.3 Å². The van der Waals surface area contributed by atoms with E-state index >= 15 is 0 Å². The third-order valence-corrected chi connectivity index (χ3v) is 4.48. The van der Waals surface area contributed by atoms with Crippen LogP contribution in [0.4, 0.5) is 0 Å². The molecule has 6 nitrogen and oxygen atoms in total. The maximum atomic E-state index is 12.6. The van der Waals surface area contributed by atoms with Crippen LogP contribution < -0.4 is 10.6 Å². The molecule has 2 aromatic rings. The first kappa shape index (κ1) is 16.2. The first-order valence-corrected chi connectivity index (χ1v) is 8.27. The third kappa shape index (κ3) is 3.18. The highest BCUT2D eigenvalue weighted by molar-refractivity contribution is 5.96. The number of nitrogens with zero attached hydrogens (tertiary/aromatic N) is 2. The Balaban J connectivity index is 1.83. The molecule has 0 radical (unpaired) electrons. The lowest BCUT2D eigenvalue weighted by molar-refractivity contribution is -0.123. The Hall–Kier alpha value is -2.63. The highest BCUT2D eigenvalue weighted by Crippen LogP contribution is 2.24. The van der Waals surface area contributed by atoms with Crippen LogP contribution in [0.3, 0.4) is 0 Å². The molecular formula is C18H22N4O2. The Morgan fingerprint density at radius 2 is 2.17 bits per heavy atom. The lowest BCUT2D eigenvalue weighted by Gasteiger charge is -2.33. The molecule has 2 heterocycles. The van der Waals surface area contributed by atoms with E-state index in [4.69, 9.17) is 0 Å². The number of aryl methyl sites for hydroxylation is 2. The van der Waals surface area contributed by atoms with Gasteiger partial charge in [-0.25, -0.2) is 0 Å². The maximum absolute atomic E-state index is 12.6. The molecule has 2 N–H and O–H groups in total. The molecule has 0 aliphatic carbocycles. The van der Waals surface area contributed by atoms with E-state index in [9.17, 15) is 9.59 Å². The lowest BCUT2D eigenvalue weighted by atomic mass is 9.94. The summed E-state index contributed by atoms with van der Waals surface area (Å²) in [6.07, 6.45) is 2.75. The summed E-state index contributed by atoms with van der Waals surface area (Å²) in [5.74, 6) is -0.105. The third-order valence-electron chi connectivity index (χ3n) is 4.48. The lowest BCUT2D eigenvalue weighted by Crippen LogP contribution is -2.50. The van der Waals surface area contributed by atoms with E-state index in [2.05, 4.69) is 15.7 Å². The first-order chi connectivity index (χ1) is 11.6. The second kappa shape index (κ2) is 6.86. The highest BCUT2D eigenvalue weighted by Gasteiger charge is 2.33. The van der Waals surface area contributed by atoms with Crippen LogP contribution in [0.1, 0.15) is 47.4 Å². The molecule has 1 aromatic heterocycles. The van der Waals surface area contributed by atoms with E-state index < -0.39 is 0 Å². The number of piperidine rings is 1. The summed E-state index contributed by atoms with van der Waals surface area (Å²) in [4.78, 5) is 24.5. The quantitative estimate of drug-likeness (QED) is 0.902. The van der Waals surface area contributed by atoms with Crippen molar-refractivity contribution in [1.29, 1.82) is 0 Å². The van der Waals surface area contributed by atoms with Crippen LogP contribution in [0, 0.1) is 6.92 Å².